The van der Waals surface area contributed by atoms with E-state index >= 15 is 0 Å². The van der Waals surface area contributed by atoms with Gasteiger partial charge in [0.2, 0.25) is 5.91 Å². The molecule has 0 fully saturated rings. The molecule has 0 heterocycles. The van der Waals surface area contributed by atoms with Gasteiger partial charge in [0, 0.05) is 17.6 Å². The predicted octanol–water partition coefficient (Wildman–Crippen LogP) is 4.12. The van der Waals surface area contributed by atoms with E-state index in [0.29, 0.717) is 23.0 Å². The second kappa shape index (κ2) is 8.18. The van der Waals surface area contributed by atoms with Crippen molar-refractivity contribution in [2.75, 3.05) is 19.5 Å². The molecule has 0 bridgehead atoms. The molecule has 0 radical (unpaired) electrons. The molecule has 5 heteroatoms. The zero-order chi connectivity index (χ0) is 17.7. The molecule has 2 rings (SSSR count). The lowest BCUT2D eigenvalue weighted by molar-refractivity contribution is -0.120. The highest BCUT2D eigenvalue weighted by Gasteiger charge is 2.20. The van der Waals surface area contributed by atoms with Gasteiger partial charge in [-0.3, -0.25) is 9.69 Å². The van der Waals surface area contributed by atoms with Crippen molar-refractivity contribution >= 4 is 23.2 Å². The number of carbonyl (C=O) groups excluding carboxylic acids is 1. The maximum Gasteiger partial charge on any atom is 0.241 e. The smallest absolute Gasteiger partial charge is 0.241 e. The van der Waals surface area contributed by atoms with Crippen LogP contribution in [0.3, 0.4) is 0 Å². The van der Waals surface area contributed by atoms with Crippen LogP contribution in [0.15, 0.2) is 42.5 Å². The average molecular weight is 347 g/mol. The van der Waals surface area contributed by atoms with Crippen molar-refractivity contribution in [1.29, 1.82) is 0 Å². The van der Waals surface area contributed by atoms with E-state index < -0.39 is 0 Å². The van der Waals surface area contributed by atoms with E-state index in [1.165, 1.54) is 5.56 Å². The van der Waals surface area contributed by atoms with Gasteiger partial charge < -0.3 is 10.1 Å². The average Bonchev–Trinajstić information content (AvgIpc) is 2.58. The van der Waals surface area contributed by atoms with E-state index in [2.05, 4.69) is 5.32 Å². The lowest BCUT2D eigenvalue weighted by Crippen LogP contribution is -2.39. The lowest BCUT2D eigenvalue weighted by atomic mass is 10.1. The van der Waals surface area contributed by atoms with E-state index in [-0.39, 0.29) is 11.9 Å². The number of anilines is 1. The Hall–Kier alpha value is -2.04. The molecule has 1 atom stereocenters. The highest BCUT2D eigenvalue weighted by Crippen LogP contribution is 2.31. The maximum atomic E-state index is 12.6. The van der Waals surface area contributed by atoms with E-state index in [4.69, 9.17) is 16.3 Å². The topological polar surface area (TPSA) is 41.6 Å². The number of nitrogens with zero attached hydrogens (tertiary/aromatic N) is 1. The molecule has 0 aliphatic rings. The minimum atomic E-state index is -0.286. The zero-order valence-corrected chi connectivity index (χ0v) is 15.2. The van der Waals surface area contributed by atoms with E-state index in [1.54, 1.807) is 13.2 Å². The van der Waals surface area contributed by atoms with Crippen molar-refractivity contribution in [2.24, 2.45) is 0 Å². The minimum absolute atomic E-state index is 0.0894. The van der Waals surface area contributed by atoms with Crippen LogP contribution in [0.1, 0.15) is 18.1 Å². The maximum absolute atomic E-state index is 12.6. The summed E-state index contributed by atoms with van der Waals surface area (Å²) in [5, 5.41) is 3.54. The molecule has 1 amide bonds. The van der Waals surface area contributed by atoms with Crippen LogP contribution in [-0.2, 0) is 11.3 Å². The molecule has 0 spiro atoms. The van der Waals surface area contributed by atoms with E-state index in [1.807, 2.05) is 62.2 Å². The third kappa shape index (κ3) is 4.49. The van der Waals surface area contributed by atoms with E-state index in [0.717, 1.165) is 5.56 Å². The Morgan fingerprint density at radius 2 is 1.96 bits per heavy atom. The molecule has 0 saturated carbocycles. The second-order valence-electron chi connectivity index (χ2n) is 5.87. The Morgan fingerprint density at radius 3 is 2.58 bits per heavy atom. The largest absolute Gasteiger partial charge is 0.495 e. The van der Waals surface area contributed by atoms with Gasteiger partial charge in [-0.1, -0.05) is 41.9 Å². The summed E-state index contributed by atoms with van der Waals surface area (Å²) in [6, 6.07) is 13.3. The summed E-state index contributed by atoms with van der Waals surface area (Å²) in [5.74, 6) is 0.463. The standard InChI is InChI=1S/C19H23ClN2O2/c1-13-10-17(18(24-4)11-16(13)20)21-19(23)14(2)22(3)12-15-8-6-5-7-9-15/h5-11,14H,12H2,1-4H3,(H,21,23)/t14-/m1/s1. The Labute approximate surface area is 148 Å². The van der Waals surface area contributed by atoms with Crippen LogP contribution in [0.4, 0.5) is 5.69 Å². The van der Waals surface area contributed by atoms with Crippen LogP contribution in [0, 0.1) is 6.92 Å². The number of likely N-dealkylation sites (N-methyl/N-ethyl adjacent to an activating group) is 1. The molecule has 4 nitrogen and oxygen atoms in total. The number of rotatable bonds is 6. The molecule has 0 saturated heterocycles. The molecule has 0 unspecified atom stereocenters. The molecule has 2 aromatic rings. The molecule has 0 aliphatic heterocycles. The van der Waals surface area contributed by atoms with Gasteiger partial charge in [-0.15, -0.1) is 0 Å². The van der Waals surface area contributed by atoms with Crippen LogP contribution < -0.4 is 10.1 Å². The number of carbonyl (C=O) groups is 1. The number of hydrogen-bond donors (Lipinski definition) is 1. The molecular formula is C19H23ClN2O2. The molecule has 128 valence electrons. The summed E-state index contributed by atoms with van der Waals surface area (Å²) in [5.41, 5.74) is 2.68. The van der Waals surface area contributed by atoms with Crippen LogP contribution in [-0.4, -0.2) is 31.0 Å². The van der Waals surface area contributed by atoms with E-state index in [9.17, 15) is 4.79 Å². The van der Waals surface area contributed by atoms with Gasteiger partial charge >= 0.3 is 0 Å². The quantitative estimate of drug-likeness (QED) is 0.855. The van der Waals surface area contributed by atoms with Crippen molar-refractivity contribution in [3.05, 3.63) is 58.6 Å². The number of benzene rings is 2. The number of nitrogens with one attached hydrogen (secondary N) is 1. The normalized spacial score (nSPS) is 12.1. The highest BCUT2D eigenvalue weighted by molar-refractivity contribution is 6.31. The number of aryl methyl sites for hydroxylation is 1. The van der Waals surface area contributed by atoms with Gasteiger partial charge in [0.15, 0.2) is 0 Å². The summed E-state index contributed by atoms with van der Waals surface area (Å²) in [6.07, 6.45) is 0. The summed E-state index contributed by atoms with van der Waals surface area (Å²) >= 11 is 6.10. The Balaban J connectivity index is 2.07. The molecular weight excluding hydrogens is 324 g/mol. The SMILES string of the molecule is COc1cc(Cl)c(C)cc1NC(=O)[C@@H](C)N(C)Cc1ccccc1. The van der Waals surface area contributed by atoms with Crippen LogP contribution in [0.2, 0.25) is 5.02 Å². The zero-order valence-electron chi connectivity index (χ0n) is 14.5. The molecule has 24 heavy (non-hydrogen) atoms. The van der Waals surface area contributed by atoms with Crippen molar-refractivity contribution < 1.29 is 9.53 Å². The van der Waals surface area contributed by atoms with Crippen molar-refractivity contribution in [3.63, 3.8) is 0 Å². The van der Waals surface area contributed by atoms with Crippen molar-refractivity contribution in [2.45, 2.75) is 26.4 Å². The fraction of sp³-hybridized carbons (Fsp3) is 0.316. The van der Waals surface area contributed by atoms with Gasteiger partial charge in [-0.2, -0.15) is 0 Å². The summed E-state index contributed by atoms with van der Waals surface area (Å²) in [6.45, 7) is 4.47. The number of hydrogen-bond acceptors (Lipinski definition) is 3. The highest BCUT2D eigenvalue weighted by atomic mass is 35.5. The number of methoxy groups -OCH3 is 1. The molecule has 0 aromatic heterocycles. The first kappa shape index (κ1) is 18.3. The number of halogens is 1. The van der Waals surface area contributed by atoms with Crippen LogP contribution in [0.5, 0.6) is 5.75 Å². The third-order valence-corrected chi connectivity index (χ3v) is 4.46. The summed E-state index contributed by atoms with van der Waals surface area (Å²) in [7, 11) is 3.49. The Kier molecular flexibility index (Phi) is 6.23. The predicted molar refractivity (Wildman–Crippen MR) is 98.7 cm³/mol. The Bertz CT molecular complexity index is 704. The monoisotopic (exact) mass is 346 g/mol. The molecule has 0 aliphatic carbocycles. The first-order chi connectivity index (χ1) is 11.4. The van der Waals surface area contributed by atoms with Gasteiger partial charge in [-0.05, 0) is 38.1 Å². The molecule has 2 aromatic carbocycles. The lowest BCUT2D eigenvalue weighted by Gasteiger charge is -2.24. The number of ether oxygens (including phenoxy) is 1. The fourth-order valence-electron chi connectivity index (χ4n) is 2.38. The van der Waals surface area contributed by atoms with Gasteiger partial charge in [0.25, 0.3) is 0 Å². The van der Waals surface area contributed by atoms with Crippen LogP contribution >= 0.6 is 11.6 Å². The summed E-state index contributed by atoms with van der Waals surface area (Å²) in [4.78, 5) is 14.6. The first-order valence-electron chi connectivity index (χ1n) is 7.81. The molecule has 1 N–H and O–H groups in total. The van der Waals surface area contributed by atoms with Gasteiger partial charge in [-0.25, -0.2) is 0 Å². The fourth-order valence-corrected chi connectivity index (χ4v) is 2.53. The Morgan fingerprint density at radius 1 is 1.29 bits per heavy atom. The van der Waals surface area contributed by atoms with Gasteiger partial charge in [0.05, 0.1) is 18.8 Å². The van der Waals surface area contributed by atoms with Gasteiger partial charge in [0.1, 0.15) is 5.75 Å². The first-order valence-corrected chi connectivity index (χ1v) is 8.19. The van der Waals surface area contributed by atoms with Crippen LogP contribution in [0.25, 0.3) is 0 Å². The minimum Gasteiger partial charge on any atom is -0.495 e. The summed E-state index contributed by atoms with van der Waals surface area (Å²) < 4.78 is 5.31. The van der Waals surface area contributed by atoms with Crippen molar-refractivity contribution in [3.8, 4) is 5.75 Å². The third-order valence-electron chi connectivity index (χ3n) is 4.05. The second-order valence-corrected chi connectivity index (χ2v) is 6.27. The van der Waals surface area contributed by atoms with Crippen molar-refractivity contribution in [1.82, 2.24) is 4.90 Å². The number of amides is 1.